The third kappa shape index (κ3) is 6.50. The number of hydrogen-bond acceptors (Lipinski definition) is 5. The number of aliphatic hydroxyl groups is 2. The second-order valence-corrected chi connectivity index (χ2v) is 10.4. The topological polar surface area (TPSA) is 66.8 Å². The van der Waals surface area contributed by atoms with Crippen LogP contribution < -0.4 is 0 Å². The van der Waals surface area contributed by atoms with E-state index in [4.69, 9.17) is 21.4 Å². The summed E-state index contributed by atoms with van der Waals surface area (Å²) in [4.78, 5) is 13.2. The molecule has 1 fully saturated rings. The van der Waals surface area contributed by atoms with Gasteiger partial charge in [-0.25, -0.2) is 4.79 Å². The molecule has 0 aliphatic heterocycles. The maximum Gasteiger partial charge on any atom is 0.338 e. The quantitative estimate of drug-likeness (QED) is 0.352. The molecular formula is C26H33ClO4S. The molecule has 4 nitrogen and oxygen atoms in total. The first-order valence-electron chi connectivity index (χ1n) is 11.3. The van der Waals surface area contributed by atoms with E-state index in [0.29, 0.717) is 16.7 Å². The number of halogens is 1. The van der Waals surface area contributed by atoms with Crippen LogP contribution in [0.15, 0.2) is 41.3 Å². The summed E-state index contributed by atoms with van der Waals surface area (Å²) in [5, 5.41) is 19.0. The molecule has 2 unspecified atom stereocenters. The molecule has 0 amide bonds. The van der Waals surface area contributed by atoms with Crippen LogP contribution in [0.1, 0.15) is 58.3 Å². The van der Waals surface area contributed by atoms with Crippen LogP contribution in [0.4, 0.5) is 0 Å². The second kappa shape index (κ2) is 12.1. The number of esters is 1. The van der Waals surface area contributed by atoms with E-state index in [0.717, 1.165) is 54.4 Å². The molecule has 2 aromatic rings. The van der Waals surface area contributed by atoms with Gasteiger partial charge in [-0.05, 0) is 98.4 Å². The Morgan fingerprint density at radius 3 is 2.59 bits per heavy atom. The largest absolute Gasteiger partial charge is 0.460 e. The molecule has 1 aliphatic carbocycles. The van der Waals surface area contributed by atoms with Crippen molar-refractivity contribution in [1.82, 2.24) is 0 Å². The molecule has 174 valence electrons. The fourth-order valence-electron chi connectivity index (χ4n) is 4.55. The van der Waals surface area contributed by atoms with Gasteiger partial charge in [-0.2, -0.15) is 0 Å². The number of aryl methyl sites for hydroxylation is 3. The highest BCUT2D eigenvalue weighted by Crippen LogP contribution is 2.44. The summed E-state index contributed by atoms with van der Waals surface area (Å²) in [5.74, 6) is 0.175. The van der Waals surface area contributed by atoms with E-state index in [9.17, 15) is 9.90 Å². The summed E-state index contributed by atoms with van der Waals surface area (Å²) < 4.78 is 5.01. The normalized spacial score (nSPS) is 20.5. The van der Waals surface area contributed by atoms with Gasteiger partial charge < -0.3 is 14.9 Å². The third-order valence-electron chi connectivity index (χ3n) is 6.26. The van der Waals surface area contributed by atoms with Gasteiger partial charge in [0.15, 0.2) is 0 Å². The van der Waals surface area contributed by atoms with Crippen LogP contribution >= 0.6 is 23.4 Å². The van der Waals surface area contributed by atoms with Gasteiger partial charge in [0.1, 0.15) is 6.61 Å². The Labute approximate surface area is 200 Å². The van der Waals surface area contributed by atoms with Gasteiger partial charge in [0.25, 0.3) is 0 Å². The number of hydrogen-bond donors (Lipinski definition) is 2. The van der Waals surface area contributed by atoms with Crippen molar-refractivity contribution in [2.75, 3.05) is 13.2 Å². The van der Waals surface area contributed by atoms with Crippen molar-refractivity contribution < 1.29 is 19.7 Å². The van der Waals surface area contributed by atoms with Crippen molar-refractivity contribution in [2.45, 2.75) is 68.1 Å². The van der Waals surface area contributed by atoms with E-state index in [2.05, 4.69) is 26.0 Å². The lowest BCUT2D eigenvalue weighted by molar-refractivity contribution is 0.0433. The lowest BCUT2D eigenvalue weighted by Crippen LogP contribution is -2.18. The molecule has 3 rings (SSSR count). The molecule has 0 radical (unpaired) electrons. The number of thioether (sulfide) groups is 1. The zero-order valence-corrected chi connectivity index (χ0v) is 20.4. The minimum absolute atomic E-state index is 0.0190. The minimum atomic E-state index is -0.393. The molecule has 0 aromatic heterocycles. The number of rotatable bonds is 10. The number of ether oxygens (including phenoxy) is 1. The minimum Gasteiger partial charge on any atom is -0.460 e. The van der Waals surface area contributed by atoms with Gasteiger partial charge in [0.05, 0.1) is 18.8 Å². The maximum atomic E-state index is 12.0. The highest BCUT2D eigenvalue weighted by Gasteiger charge is 2.35. The van der Waals surface area contributed by atoms with E-state index in [1.807, 2.05) is 30.0 Å². The SMILES string of the molecule is Cc1cc(SC2C(Cl)CC[C@@H]2CCCc2cccc(C(=O)OCCO)c2)cc(C)c1CO. The lowest BCUT2D eigenvalue weighted by atomic mass is 9.97. The standard InChI is InChI=1S/C26H33ClO4S/c1-17-13-22(14-18(2)23(17)16-29)32-25-20(9-10-24(25)27)7-3-5-19-6-4-8-21(15-19)26(30)31-12-11-28/h4,6,8,13-15,20,24-25,28-29H,3,5,7,9-12,16H2,1-2H3/t20-,24?,25?/m0/s1. The molecule has 2 N–H and O–H groups in total. The van der Waals surface area contributed by atoms with Crippen LogP contribution in [-0.2, 0) is 17.8 Å². The summed E-state index contributed by atoms with van der Waals surface area (Å²) in [6.45, 7) is 4.04. The van der Waals surface area contributed by atoms with Crippen molar-refractivity contribution in [3.63, 3.8) is 0 Å². The summed E-state index contributed by atoms with van der Waals surface area (Å²) in [6.07, 6.45) is 5.24. The first-order chi connectivity index (χ1) is 15.4. The van der Waals surface area contributed by atoms with Gasteiger partial charge in [-0.15, -0.1) is 23.4 Å². The van der Waals surface area contributed by atoms with Gasteiger partial charge in [-0.1, -0.05) is 12.1 Å². The molecule has 32 heavy (non-hydrogen) atoms. The fourth-order valence-corrected chi connectivity index (χ4v) is 6.59. The Kier molecular flexibility index (Phi) is 9.47. The van der Waals surface area contributed by atoms with Crippen molar-refractivity contribution in [2.24, 2.45) is 5.92 Å². The Morgan fingerprint density at radius 1 is 1.16 bits per heavy atom. The Morgan fingerprint density at radius 2 is 1.91 bits per heavy atom. The number of benzene rings is 2. The van der Waals surface area contributed by atoms with Gasteiger partial charge >= 0.3 is 5.97 Å². The molecule has 0 spiro atoms. The van der Waals surface area contributed by atoms with Gasteiger partial charge in [-0.3, -0.25) is 0 Å². The summed E-state index contributed by atoms with van der Waals surface area (Å²) in [6, 6.07) is 11.9. The average Bonchev–Trinajstić information content (AvgIpc) is 3.11. The van der Waals surface area contributed by atoms with Crippen LogP contribution in [0, 0.1) is 19.8 Å². The average molecular weight is 477 g/mol. The van der Waals surface area contributed by atoms with Crippen LogP contribution in [-0.4, -0.2) is 40.0 Å². The van der Waals surface area contributed by atoms with E-state index in [1.54, 1.807) is 6.07 Å². The summed E-state index contributed by atoms with van der Waals surface area (Å²) >= 11 is 8.60. The Balaban J connectivity index is 1.58. The second-order valence-electron chi connectivity index (χ2n) is 8.58. The number of alkyl halides is 1. The maximum absolute atomic E-state index is 12.0. The molecule has 0 saturated heterocycles. The van der Waals surface area contributed by atoms with E-state index >= 15 is 0 Å². The summed E-state index contributed by atoms with van der Waals surface area (Å²) in [5.41, 5.74) is 4.94. The van der Waals surface area contributed by atoms with Crippen molar-refractivity contribution in [3.05, 3.63) is 64.2 Å². The number of carbonyl (C=O) groups is 1. The van der Waals surface area contributed by atoms with E-state index < -0.39 is 5.97 Å². The van der Waals surface area contributed by atoms with E-state index in [-0.39, 0.29) is 25.2 Å². The molecule has 1 saturated carbocycles. The van der Waals surface area contributed by atoms with Gasteiger partial charge in [0, 0.05) is 15.5 Å². The van der Waals surface area contributed by atoms with Crippen LogP contribution in [0.25, 0.3) is 0 Å². The molecule has 0 heterocycles. The first kappa shape index (κ1) is 25.1. The Hall–Kier alpha value is -1.53. The molecule has 2 aromatic carbocycles. The van der Waals surface area contributed by atoms with Crippen molar-refractivity contribution >= 4 is 29.3 Å². The molecule has 3 atom stereocenters. The lowest BCUT2D eigenvalue weighted by Gasteiger charge is -2.22. The molecule has 0 bridgehead atoms. The van der Waals surface area contributed by atoms with Crippen molar-refractivity contribution in [1.29, 1.82) is 0 Å². The third-order valence-corrected chi connectivity index (χ3v) is 8.39. The monoisotopic (exact) mass is 476 g/mol. The zero-order chi connectivity index (χ0) is 23.1. The van der Waals surface area contributed by atoms with Crippen LogP contribution in [0.2, 0.25) is 0 Å². The molecular weight excluding hydrogens is 444 g/mol. The zero-order valence-electron chi connectivity index (χ0n) is 18.9. The van der Waals surface area contributed by atoms with Gasteiger partial charge in [0.2, 0.25) is 0 Å². The van der Waals surface area contributed by atoms with E-state index in [1.165, 1.54) is 4.90 Å². The predicted molar refractivity (Wildman–Crippen MR) is 131 cm³/mol. The number of aliphatic hydroxyl groups excluding tert-OH is 2. The summed E-state index contributed by atoms with van der Waals surface area (Å²) in [7, 11) is 0. The molecule has 6 heteroatoms. The highest BCUT2D eigenvalue weighted by atomic mass is 35.5. The van der Waals surface area contributed by atoms with Crippen LogP contribution in [0.3, 0.4) is 0 Å². The number of carbonyl (C=O) groups excluding carboxylic acids is 1. The molecule has 1 aliphatic rings. The predicted octanol–water partition coefficient (Wildman–Crippen LogP) is 5.45. The Bertz CT molecular complexity index is 893. The fraction of sp³-hybridized carbons (Fsp3) is 0.500. The van der Waals surface area contributed by atoms with Crippen molar-refractivity contribution in [3.8, 4) is 0 Å². The smallest absolute Gasteiger partial charge is 0.338 e. The highest BCUT2D eigenvalue weighted by molar-refractivity contribution is 8.00. The van der Waals surface area contributed by atoms with Crippen LogP contribution in [0.5, 0.6) is 0 Å². The first-order valence-corrected chi connectivity index (χ1v) is 12.6.